The summed E-state index contributed by atoms with van der Waals surface area (Å²) in [5.74, 6) is 0. The van der Waals surface area contributed by atoms with Crippen LogP contribution in [0.1, 0.15) is 67.9 Å². The summed E-state index contributed by atoms with van der Waals surface area (Å²) in [5.41, 5.74) is 1.92. The van der Waals surface area contributed by atoms with E-state index in [0.29, 0.717) is 27.7 Å². The average molecular weight is 775 g/mol. The second-order valence-electron chi connectivity index (χ2n) is 9.98. The topological polar surface area (TPSA) is 46.2 Å². The van der Waals surface area contributed by atoms with Crippen molar-refractivity contribution in [3.63, 3.8) is 0 Å². The Morgan fingerprint density at radius 2 is 1.41 bits per heavy atom. The first kappa shape index (κ1) is 33.1. The molecule has 1 aliphatic heterocycles. The number of halogens is 2. The number of benzene rings is 1. The van der Waals surface area contributed by atoms with Crippen LogP contribution in [0.25, 0.3) is 0 Å². The van der Waals surface area contributed by atoms with Gasteiger partial charge in [0.25, 0.3) is 0 Å². The molecule has 0 saturated carbocycles. The SMILES string of the molecule is CC(O[CH-]C1CO[Si](C(C)C)(C(C)C)O[Si](C(C)C)(C(C)C)O1)OCc1c(Cl)cccc1Cl.[U]. The molecule has 10 heteroatoms. The summed E-state index contributed by atoms with van der Waals surface area (Å²) >= 11 is 12.5. The number of ether oxygens (including phenoxy) is 2. The Hall–Kier alpha value is 1.09. The van der Waals surface area contributed by atoms with E-state index in [1.165, 1.54) is 0 Å². The van der Waals surface area contributed by atoms with Crippen LogP contribution in [0.15, 0.2) is 18.2 Å². The molecule has 34 heavy (non-hydrogen) atoms. The van der Waals surface area contributed by atoms with E-state index in [2.05, 4.69) is 55.4 Å². The van der Waals surface area contributed by atoms with Crippen molar-refractivity contribution >= 4 is 40.3 Å². The number of hydrogen-bond donors (Lipinski definition) is 0. The van der Waals surface area contributed by atoms with Crippen LogP contribution >= 0.6 is 23.2 Å². The molecule has 2 unspecified atom stereocenters. The molecule has 1 fully saturated rings. The van der Waals surface area contributed by atoms with Crippen LogP contribution in [0.2, 0.25) is 32.2 Å². The Morgan fingerprint density at radius 3 is 1.88 bits per heavy atom. The monoisotopic (exact) mass is 773 g/mol. The van der Waals surface area contributed by atoms with Crippen LogP contribution in [-0.2, 0) is 29.0 Å². The minimum Gasteiger partial charge on any atom is -0.527 e. The maximum absolute atomic E-state index is 7.10. The fraction of sp³-hybridized carbons (Fsp3) is 0.708. The summed E-state index contributed by atoms with van der Waals surface area (Å²) in [4.78, 5) is 0. The van der Waals surface area contributed by atoms with Gasteiger partial charge in [0.2, 0.25) is 0 Å². The Morgan fingerprint density at radius 1 is 0.912 bits per heavy atom. The van der Waals surface area contributed by atoms with Crippen molar-refractivity contribution in [2.75, 3.05) is 6.61 Å². The summed E-state index contributed by atoms with van der Waals surface area (Å²) in [6.07, 6.45) is -0.834. The summed E-state index contributed by atoms with van der Waals surface area (Å²) in [6.45, 7) is 21.9. The van der Waals surface area contributed by atoms with Crippen LogP contribution in [0.4, 0.5) is 0 Å². The van der Waals surface area contributed by atoms with Gasteiger partial charge in [0.1, 0.15) is 6.29 Å². The van der Waals surface area contributed by atoms with Gasteiger partial charge in [0, 0.05) is 53.3 Å². The Labute approximate surface area is 242 Å². The molecule has 0 bridgehead atoms. The van der Waals surface area contributed by atoms with Crippen molar-refractivity contribution in [1.29, 1.82) is 0 Å². The average Bonchev–Trinajstić information content (AvgIpc) is 2.91. The van der Waals surface area contributed by atoms with Gasteiger partial charge < -0.3 is 22.4 Å². The Kier molecular flexibility index (Phi) is 13.9. The van der Waals surface area contributed by atoms with E-state index in [1.807, 2.05) is 13.0 Å². The van der Waals surface area contributed by atoms with Crippen molar-refractivity contribution in [2.24, 2.45) is 0 Å². The quantitative estimate of drug-likeness (QED) is 0.137. The van der Waals surface area contributed by atoms with E-state index in [4.69, 9.17) is 45.6 Å². The number of hydrogen-bond acceptors (Lipinski definition) is 5. The third kappa shape index (κ3) is 7.80. The van der Waals surface area contributed by atoms with E-state index < -0.39 is 23.4 Å². The smallest absolute Gasteiger partial charge is 0.334 e. The van der Waals surface area contributed by atoms with E-state index in [0.717, 1.165) is 5.56 Å². The summed E-state index contributed by atoms with van der Waals surface area (Å²) in [5, 5.41) is 1.15. The molecule has 2 rings (SSSR count). The van der Waals surface area contributed by atoms with Gasteiger partial charge in [-0.1, -0.05) is 84.7 Å². The molecule has 0 N–H and O–H groups in total. The molecule has 0 radical (unpaired) electrons. The zero-order chi connectivity index (χ0) is 25.0. The van der Waals surface area contributed by atoms with Crippen LogP contribution in [0, 0.1) is 37.7 Å². The van der Waals surface area contributed by atoms with Crippen molar-refractivity contribution < 1.29 is 53.6 Å². The fourth-order valence-electron chi connectivity index (χ4n) is 4.37. The Balaban J connectivity index is 0.00000578. The predicted molar refractivity (Wildman–Crippen MR) is 140 cm³/mol. The van der Waals surface area contributed by atoms with Gasteiger partial charge in [-0.2, -0.15) is 6.61 Å². The van der Waals surface area contributed by atoms with Crippen molar-refractivity contribution in [1.82, 2.24) is 0 Å². The molecule has 0 aromatic heterocycles. The minimum atomic E-state index is -2.62. The second-order valence-corrected chi connectivity index (χ2v) is 19.6. The summed E-state index contributed by atoms with van der Waals surface area (Å²) in [6, 6.07) is 5.40. The predicted octanol–water partition coefficient (Wildman–Crippen LogP) is 7.99. The van der Waals surface area contributed by atoms with Gasteiger partial charge in [-0.25, -0.2) is 0 Å². The van der Waals surface area contributed by atoms with Crippen molar-refractivity contribution in [3.05, 3.63) is 40.4 Å². The molecule has 194 valence electrons. The molecular weight excluding hydrogens is 733 g/mol. The van der Waals surface area contributed by atoms with Crippen LogP contribution in [-0.4, -0.2) is 36.1 Å². The maximum Gasteiger partial charge on any atom is 0.334 e. The molecule has 0 amide bonds. The standard InChI is InChI=1S/C24H41Cl2O5Si2.U/c1-16(2)32(17(3)4)29-14-21(30-33(31-32,18(5)6)19(7)8)13-27-20(9)28-15-22-23(25)11-10-12-24(22)26;/h10-13,16-21H,14-15H2,1-9H3;/q-1;. The van der Waals surface area contributed by atoms with Crippen LogP contribution in [0.5, 0.6) is 0 Å². The van der Waals surface area contributed by atoms with Gasteiger partial charge in [-0.15, -0.1) is 0 Å². The van der Waals surface area contributed by atoms with Crippen molar-refractivity contribution in [2.45, 2.75) is 103 Å². The molecular formula is C24H41Cl2O5Si2U-. The Bertz CT molecular complexity index is 731. The minimum absolute atomic E-state index is 0. The summed E-state index contributed by atoms with van der Waals surface area (Å²) in [7, 11) is -5.14. The van der Waals surface area contributed by atoms with Gasteiger partial charge >= 0.3 is 17.1 Å². The van der Waals surface area contributed by atoms with Gasteiger partial charge in [-0.05, 0) is 47.3 Å². The molecule has 2 atom stereocenters. The molecule has 0 spiro atoms. The zero-order valence-electron chi connectivity index (χ0n) is 22.0. The number of rotatable bonds is 10. The molecule has 1 saturated heterocycles. The van der Waals surface area contributed by atoms with Gasteiger partial charge in [0.05, 0.1) is 6.61 Å². The summed E-state index contributed by atoms with van der Waals surface area (Å²) < 4.78 is 32.3. The second kappa shape index (κ2) is 14.3. The normalized spacial score (nSPS) is 21.1. The fourth-order valence-corrected chi connectivity index (χ4v) is 16.0. The van der Waals surface area contributed by atoms with E-state index in [-0.39, 0.29) is 54.9 Å². The zero-order valence-corrected chi connectivity index (χ0v) is 29.7. The molecule has 1 heterocycles. The first-order valence-corrected chi connectivity index (χ1v) is 16.6. The van der Waals surface area contributed by atoms with E-state index >= 15 is 0 Å². The first-order valence-electron chi connectivity index (χ1n) is 11.9. The molecule has 1 aromatic rings. The van der Waals surface area contributed by atoms with E-state index in [1.54, 1.807) is 18.7 Å². The van der Waals surface area contributed by atoms with Crippen molar-refractivity contribution in [3.8, 4) is 0 Å². The van der Waals surface area contributed by atoms with Gasteiger partial charge in [-0.3, -0.25) is 0 Å². The molecule has 1 aliphatic rings. The maximum atomic E-state index is 7.10. The van der Waals surface area contributed by atoms with E-state index in [9.17, 15) is 0 Å². The molecule has 1 aromatic carbocycles. The molecule has 0 aliphatic carbocycles. The first-order chi connectivity index (χ1) is 15.4. The molecule has 5 nitrogen and oxygen atoms in total. The van der Waals surface area contributed by atoms with Gasteiger partial charge in [0.15, 0.2) is 0 Å². The largest absolute Gasteiger partial charge is 0.527 e. The van der Waals surface area contributed by atoms with Crippen LogP contribution in [0.3, 0.4) is 0 Å². The van der Waals surface area contributed by atoms with Crippen LogP contribution < -0.4 is 0 Å². The third-order valence-electron chi connectivity index (χ3n) is 6.29. The third-order valence-corrected chi connectivity index (χ3v) is 17.3.